The van der Waals surface area contributed by atoms with E-state index in [1.807, 2.05) is 13.1 Å². The molecular weight excluding hydrogens is 548 g/mol. The molecule has 0 spiro atoms. The normalized spacial score (nSPS) is 16.0. The number of nitrogens with zero attached hydrogens (tertiary/aromatic N) is 3. The molecule has 2 aromatic rings. The van der Waals surface area contributed by atoms with E-state index in [1.165, 1.54) is 24.8 Å². The summed E-state index contributed by atoms with van der Waals surface area (Å²) in [5.41, 5.74) is 4.59. The molecule has 44 heavy (non-hydrogen) atoms. The van der Waals surface area contributed by atoms with Gasteiger partial charge >= 0.3 is 0 Å². The highest BCUT2D eigenvalue weighted by atomic mass is 16.5. The molecule has 242 valence electrons. The highest BCUT2D eigenvalue weighted by Gasteiger charge is 2.28. The Morgan fingerprint density at radius 2 is 1.73 bits per heavy atom. The van der Waals surface area contributed by atoms with Crippen LogP contribution in [-0.4, -0.2) is 63.9 Å². The van der Waals surface area contributed by atoms with Crippen molar-refractivity contribution in [2.75, 3.05) is 59.0 Å². The van der Waals surface area contributed by atoms with Gasteiger partial charge < -0.3 is 34.2 Å². The van der Waals surface area contributed by atoms with Gasteiger partial charge in [-0.05, 0) is 68.5 Å². The minimum atomic E-state index is 0.471. The number of hydrogen-bond donors (Lipinski definition) is 1. The molecule has 1 saturated carbocycles. The van der Waals surface area contributed by atoms with Gasteiger partial charge in [-0.2, -0.15) is 0 Å². The maximum Gasteiger partial charge on any atom is 0.163 e. The number of methoxy groups -OCH3 is 2. The number of ether oxygens (including phenoxy) is 3. The van der Waals surface area contributed by atoms with Crippen molar-refractivity contribution < 1.29 is 14.2 Å². The lowest BCUT2D eigenvalue weighted by Crippen LogP contribution is -2.46. The molecule has 1 heterocycles. The monoisotopic (exact) mass is 604 g/mol. The lowest BCUT2D eigenvalue weighted by Gasteiger charge is -2.43. The third-order valence-corrected chi connectivity index (χ3v) is 8.41. The number of hydrogen-bond acceptors (Lipinski definition) is 7. The van der Waals surface area contributed by atoms with E-state index in [2.05, 4.69) is 90.9 Å². The van der Waals surface area contributed by atoms with E-state index >= 15 is 0 Å². The summed E-state index contributed by atoms with van der Waals surface area (Å²) >= 11 is 0. The van der Waals surface area contributed by atoms with Crippen molar-refractivity contribution in [1.29, 1.82) is 0 Å². The standard InChI is InChI=1S/C34H49N3O3.C3H7N/c1-8-35(9-2)26(4)19-29-14-15-30(33(20-29)39-7)24-36-22-25(3)23-37(27(36)5)31-16-17-32(38-6)34(21-31)40-18-10-11-28-12-13-28;1-3-4-2/h14-17,20-21,25,28H,4-5,8-13,18-19,22-24H2,1-3,6-7H3;3-4H,1H2,2H3. The highest BCUT2D eigenvalue weighted by molar-refractivity contribution is 5.59. The van der Waals surface area contributed by atoms with Crippen LogP contribution < -0.4 is 24.4 Å². The van der Waals surface area contributed by atoms with E-state index in [0.717, 1.165) is 98.1 Å². The highest BCUT2D eigenvalue weighted by Crippen LogP contribution is 2.37. The fourth-order valence-electron chi connectivity index (χ4n) is 5.70. The number of likely N-dealkylation sites (N-methyl/N-ethyl adjacent to an activating group) is 1. The molecule has 4 rings (SSSR count). The van der Waals surface area contributed by atoms with Gasteiger partial charge in [0, 0.05) is 69.2 Å². The molecule has 2 aliphatic rings. The van der Waals surface area contributed by atoms with Gasteiger partial charge in [0.1, 0.15) is 11.6 Å². The van der Waals surface area contributed by atoms with Crippen molar-refractivity contribution in [3.05, 3.63) is 85.0 Å². The summed E-state index contributed by atoms with van der Waals surface area (Å²) < 4.78 is 17.7. The average molecular weight is 605 g/mol. The van der Waals surface area contributed by atoms with Gasteiger partial charge in [0.2, 0.25) is 0 Å². The SMILES string of the molecule is C=C(Cc1ccc(CN2CC(C)CN(c3ccc(OC)c(OCCCC4CC4)c3)C2=C)c(OC)c1)N(CC)CC.C=CNC. The van der Waals surface area contributed by atoms with E-state index in [4.69, 9.17) is 14.2 Å². The Bertz CT molecular complexity index is 1220. The number of anilines is 1. The van der Waals surface area contributed by atoms with E-state index in [-0.39, 0.29) is 0 Å². The van der Waals surface area contributed by atoms with E-state index < -0.39 is 0 Å². The van der Waals surface area contributed by atoms with E-state index in [1.54, 1.807) is 20.4 Å². The first-order valence-electron chi connectivity index (χ1n) is 16.2. The summed E-state index contributed by atoms with van der Waals surface area (Å²) in [5.74, 6) is 4.87. The lowest BCUT2D eigenvalue weighted by molar-refractivity contribution is 0.244. The molecule has 7 heteroatoms. The Balaban J connectivity index is 0.00000124. The summed E-state index contributed by atoms with van der Waals surface area (Å²) in [6.45, 7) is 24.1. The van der Waals surface area contributed by atoms with Crippen molar-refractivity contribution in [3.63, 3.8) is 0 Å². The molecule has 1 unspecified atom stereocenters. The van der Waals surface area contributed by atoms with Gasteiger partial charge in [-0.25, -0.2) is 0 Å². The minimum absolute atomic E-state index is 0.471. The molecule has 1 aliphatic carbocycles. The first kappa shape index (κ1) is 34.7. The van der Waals surface area contributed by atoms with Crippen molar-refractivity contribution in [1.82, 2.24) is 15.1 Å². The van der Waals surface area contributed by atoms with Crippen LogP contribution in [0.4, 0.5) is 5.69 Å². The zero-order chi connectivity index (χ0) is 32.1. The van der Waals surface area contributed by atoms with Gasteiger partial charge in [0.25, 0.3) is 0 Å². The van der Waals surface area contributed by atoms with Crippen LogP contribution in [0.15, 0.2) is 73.9 Å². The maximum absolute atomic E-state index is 6.20. The topological polar surface area (TPSA) is 49.4 Å². The summed E-state index contributed by atoms with van der Waals surface area (Å²) in [4.78, 5) is 6.97. The smallest absolute Gasteiger partial charge is 0.163 e. The molecule has 1 saturated heterocycles. The third kappa shape index (κ3) is 9.90. The Labute approximate surface area is 267 Å². The van der Waals surface area contributed by atoms with Crippen LogP contribution in [0.1, 0.15) is 57.6 Å². The summed E-state index contributed by atoms with van der Waals surface area (Å²) in [7, 11) is 5.27. The van der Waals surface area contributed by atoms with Crippen LogP contribution in [0.5, 0.6) is 17.2 Å². The molecule has 0 radical (unpaired) electrons. The fourth-order valence-corrected chi connectivity index (χ4v) is 5.70. The van der Waals surface area contributed by atoms with Crippen LogP contribution in [-0.2, 0) is 13.0 Å². The quantitative estimate of drug-likeness (QED) is 0.200. The number of benzene rings is 2. The van der Waals surface area contributed by atoms with Crippen molar-refractivity contribution >= 4 is 5.69 Å². The second kappa shape index (κ2) is 17.5. The molecule has 1 aliphatic heterocycles. The Morgan fingerprint density at radius 3 is 2.34 bits per heavy atom. The zero-order valence-electron chi connectivity index (χ0n) is 28.2. The van der Waals surface area contributed by atoms with Crippen LogP contribution in [0.3, 0.4) is 0 Å². The maximum atomic E-state index is 6.20. The van der Waals surface area contributed by atoms with E-state index in [0.29, 0.717) is 5.92 Å². The van der Waals surface area contributed by atoms with Gasteiger partial charge in [-0.1, -0.05) is 51.6 Å². The third-order valence-electron chi connectivity index (χ3n) is 8.41. The lowest BCUT2D eigenvalue weighted by atomic mass is 10.0. The van der Waals surface area contributed by atoms with Crippen molar-refractivity contribution in [2.45, 2.75) is 59.4 Å². The molecule has 0 amide bonds. The van der Waals surface area contributed by atoms with Gasteiger partial charge in [-0.3, -0.25) is 0 Å². The second-order valence-corrected chi connectivity index (χ2v) is 11.8. The van der Waals surface area contributed by atoms with Crippen LogP contribution in [0, 0.1) is 11.8 Å². The first-order valence-corrected chi connectivity index (χ1v) is 16.2. The average Bonchev–Trinajstić information content (AvgIpc) is 3.86. The Morgan fingerprint density at radius 1 is 1.02 bits per heavy atom. The molecule has 1 N–H and O–H groups in total. The zero-order valence-corrected chi connectivity index (χ0v) is 28.2. The number of allylic oxidation sites excluding steroid dienone is 1. The van der Waals surface area contributed by atoms with E-state index in [9.17, 15) is 0 Å². The summed E-state index contributed by atoms with van der Waals surface area (Å²) in [5, 5.41) is 2.69. The van der Waals surface area contributed by atoms with Gasteiger partial charge in [0.15, 0.2) is 11.5 Å². The predicted octanol–water partition coefficient (Wildman–Crippen LogP) is 7.45. The van der Waals surface area contributed by atoms with Crippen LogP contribution >= 0.6 is 0 Å². The molecule has 2 aromatic carbocycles. The number of nitrogens with one attached hydrogen (secondary N) is 1. The molecular formula is C37H56N4O3. The fraction of sp³-hybridized carbons (Fsp3) is 0.514. The van der Waals surface area contributed by atoms with Gasteiger partial charge in [-0.15, -0.1) is 0 Å². The van der Waals surface area contributed by atoms with Crippen LogP contribution in [0.2, 0.25) is 0 Å². The Kier molecular flexibility index (Phi) is 13.8. The Hall–Kier alpha value is -3.74. The second-order valence-electron chi connectivity index (χ2n) is 11.8. The molecule has 2 fully saturated rings. The molecule has 0 bridgehead atoms. The van der Waals surface area contributed by atoms with Crippen molar-refractivity contribution in [3.8, 4) is 17.2 Å². The van der Waals surface area contributed by atoms with Crippen LogP contribution in [0.25, 0.3) is 0 Å². The van der Waals surface area contributed by atoms with Crippen molar-refractivity contribution in [2.24, 2.45) is 11.8 Å². The molecule has 1 atom stereocenters. The molecule has 0 aromatic heterocycles. The number of rotatable bonds is 16. The van der Waals surface area contributed by atoms with Gasteiger partial charge in [0.05, 0.1) is 20.8 Å². The summed E-state index contributed by atoms with van der Waals surface area (Å²) in [6, 6.07) is 12.8. The predicted molar refractivity (Wildman–Crippen MR) is 185 cm³/mol. The largest absolute Gasteiger partial charge is 0.496 e. The molecule has 7 nitrogen and oxygen atoms in total. The first-order chi connectivity index (χ1) is 21.3. The summed E-state index contributed by atoms with van der Waals surface area (Å²) in [6.07, 6.45) is 7.55. The minimum Gasteiger partial charge on any atom is -0.496 e.